The first kappa shape index (κ1) is 27.1. The zero-order valence-corrected chi connectivity index (χ0v) is 21.5. The molecule has 0 unspecified atom stereocenters. The van der Waals surface area contributed by atoms with Gasteiger partial charge in [-0.05, 0) is 38.1 Å². The molecule has 37 heavy (non-hydrogen) atoms. The molecule has 0 aromatic heterocycles. The van der Waals surface area contributed by atoms with E-state index in [1.165, 1.54) is 56.7 Å². The molecule has 3 aromatic rings. The van der Waals surface area contributed by atoms with E-state index in [-0.39, 0.29) is 22.0 Å². The number of aryl methyl sites for hydroxylation is 1. The Morgan fingerprint density at radius 1 is 1.05 bits per heavy atom. The molecule has 1 amide bonds. The first-order chi connectivity index (χ1) is 17.6. The molecular formula is C25H26N4O7S. The van der Waals surface area contributed by atoms with Gasteiger partial charge in [0.2, 0.25) is 0 Å². The molecule has 0 fully saturated rings. The fourth-order valence-corrected chi connectivity index (χ4v) is 4.77. The molecule has 0 bridgehead atoms. The van der Waals surface area contributed by atoms with E-state index in [0.29, 0.717) is 17.0 Å². The number of nitro benzene ring substituents is 1. The molecule has 0 aliphatic rings. The molecule has 12 heteroatoms. The summed E-state index contributed by atoms with van der Waals surface area (Å²) in [5.41, 5.74) is 3.89. The highest BCUT2D eigenvalue weighted by molar-refractivity contribution is 7.92. The average molecular weight is 527 g/mol. The number of non-ortho nitro benzene ring substituents is 1. The first-order valence-corrected chi connectivity index (χ1v) is 12.4. The summed E-state index contributed by atoms with van der Waals surface area (Å²) in [5.74, 6) is -0.175. The average Bonchev–Trinajstić information content (AvgIpc) is 2.90. The molecule has 194 valence electrons. The van der Waals surface area contributed by atoms with Gasteiger partial charge >= 0.3 is 0 Å². The third-order valence-electron chi connectivity index (χ3n) is 5.37. The molecular weight excluding hydrogens is 500 g/mol. The van der Waals surface area contributed by atoms with Gasteiger partial charge in [0.15, 0.2) is 0 Å². The van der Waals surface area contributed by atoms with E-state index in [1.54, 1.807) is 31.2 Å². The van der Waals surface area contributed by atoms with Gasteiger partial charge in [-0.2, -0.15) is 5.10 Å². The smallest absolute Gasteiger partial charge is 0.270 e. The molecule has 0 heterocycles. The van der Waals surface area contributed by atoms with Gasteiger partial charge in [0.25, 0.3) is 21.6 Å². The molecule has 0 saturated heterocycles. The van der Waals surface area contributed by atoms with Gasteiger partial charge in [0.1, 0.15) is 18.0 Å². The summed E-state index contributed by atoms with van der Waals surface area (Å²) in [5, 5.41) is 15.0. The van der Waals surface area contributed by atoms with Gasteiger partial charge in [0.05, 0.1) is 35.4 Å². The number of nitro groups is 1. The number of nitrogens with zero attached hydrogens (tertiary/aromatic N) is 3. The maximum Gasteiger partial charge on any atom is 0.270 e. The summed E-state index contributed by atoms with van der Waals surface area (Å²) >= 11 is 0. The molecule has 0 saturated carbocycles. The number of hydrogen-bond acceptors (Lipinski definition) is 8. The summed E-state index contributed by atoms with van der Waals surface area (Å²) in [7, 11) is -1.40. The Morgan fingerprint density at radius 3 is 2.38 bits per heavy atom. The highest BCUT2D eigenvalue weighted by Crippen LogP contribution is 2.35. The number of rotatable bonds is 10. The number of nitrogens with one attached hydrogen (secondary N) is 1. The van der Waals surface area contributed by atoms with Crippen LogP contribution in [0, 0.1) is 17.0 Å². The second-order valence-corrected chi connectivity index (χ2v) is 9.76. The van der Waals surface area contributed by atoms with Gasteiger partial charge in [-0.1, -0.05) is 29.8 Å². The van der Waals surface area contributed by atoms with E-state index >= 15 is 0 Å². The Bertz CT molecular complexity index is 1440. The van der Waals surface area contributed by atoms with E-state index in [2.05, 4.69) is 10.5 Å². The van der Waals surface area contributed by atoms with Crippen molar-refractivity contribution in [2.24, 2.45) is 5.10 Å². The van der Waals surface area contributed by atoms with Crippen LogP contribution in [0.4, 0.5) is 11.4 Å². The minimum absolute atomic E-state index is 0.0213. The Labute approximate surface area is 214 Å². The van der Waals surface area contributed by atoms with Crippen molar-refractivity contribution in [3.8, 4) is 11.5 Å². The number of methoxy groups -OCH3 is 2. The van der Waals surface area contributed by atoms with Crippen molar-refractivity contribution < 1.29 is 27.6 Å². The van der Waals surface area contributed by atoms with Crippen LogP contribution >= 0.6 is 0 Å². The molecule has 0 atom stereocenters. The van der Waals surface area contributed by atoms with Gasteiger partial charge in [-0.3, -0.25) is 19.2 Å². The SMILES string of the molecule is COc1ccc(OC)c(N(CC(=O)N/N=C(/C)c2cccc([N+](=O)[O-])c2)S(=O)(=O)c2ccc(C)cc2)c1. The summed E-state index contributed by atoms with van der Waals surface area (Å²) in [6, 6.07) is 16.6. The highest BCUT2D eigenvalue weighted by atomic mass is 32.2. The highest BCUT2D eigenvalue weighted by Gasteiger charge is 2.30. The van der Waals surface area contributed by atoms with E-state index < -0.39 is 27.4 Å². The summed E-state index contributed by atoms with van der Waals surface area (Å²) in [4.78, 5) is 23.4. The van der Waals surface area contributed by atoms with Crippen LogP contribution in [0.5, 0.6) is 11.5 Å². The Balaban J connectivity index is 1.97. The third-order valence-corrected chi connectivity index (χ3v) is 7.15. The van der Waals surface area contributed by atoms with Crippen LogP contribution in [-0.4, -0.2) is 45.7 Å². The monoisotopic (exact) mass is 526 g/mol. The number of anilines is 1. The van der Waals surface area contributed by atoms with E-state index in [4.69, 9.17) is 9.47 Å². The third kappa shape index (κ3) is 6.41. The molecule has 0 spiro atoms. The minimum atomic E-state index is -4.22. The Morgan fingerprint density at radius 2 is 1.76 bits per heavy atom. The lowest BCUT2D eigenvalue weighted by molar-refractivity contribution is -0.384. The lowest BCUT2D eigenvalue weighted by Gasteiger charge is -2.25. The lowest BCUT2D eigenvalue weighted by Crippen LogP contribution is -2.40. The lowest BCUT2D eigenvalue weighted by atomic mass is 10.1. The maximum absolute atomic E-state index is 13.7. The molecule has 3 rings (SSSR count). The van der Waals surface area contributed by atoms with Crippen LogP contribution in [0.2, 0.25) is 0 Å². The van der Waals surface area contributed by atoms with Crippen LogP contribution in [0.3, 0.4) is 0 Å². The number of hydrogen-bond donors (Lipinski definition) is 1. The number of sulfonamides is 1. The number of benzene rings is 3. The van der Waals surface area contributed by atoms with Crippen LogP contribution < -0.4 is 19.2 Å². The van der Waals surface area contributed by atoms with Crippen LogP contribution in [-0.2, 0) is 14.8 Å². The number of amides is 1. The normalized spacial score (nSPS) is 11.5. The largest absolute Gasteiger partial charge is 0.497 e. The topological polar surface area (TPSA) is 140 Å². The van der Waals surface area contributed by atoms with Crippen molar-refractivity contribution in [2.75, 3.05) is 25.1 Å². The fraction of sp³-hybridized carbons (Fsp3) is 0.200. The maximum atomic E-state index is 13.7. The number of carbonyl (C=O) groups is 1. The first-order valence-electron chi connectivity index (χ1n) is 11.0. The van der Waals surface area contributed by atoms with Crippen molar-refractivity contribution in [1.82, 2.24) is 5.43 Å². The Kier molecular flexibility index (Phi) is 8.45. The van der Waals surface area contributed by atoms with Crippen molar-refractivity contribution in [1.29, 1.82) is 0 Å². The zero-order valence-electron chi connectivity index (χ0n) is 20.7. The summed E-state index contributed by atoms with van der Waals surface area (Å²) in [6.45, 7) is 2.76. The second-order valence-electron chi connectivity index (χ2n) is 7.90. The quantitative estimate of drug-likeness (QED) is 0.241. The molecule has 0 aliphatic carbocycles. The van der Waals surface area contributed by atoms with E-state index in [9.17, 15) is 23.3 Å². The van der Waals surface area contributed by atoms with Crippen molar-refractivity contribution in [2.45, 2.75) is 18.7 Å². The summed E-state index contributed by atoms with van der Waals surface area (Å²) < 4.78 is 38.8. The summed E-state index contributed by atoms with van der Waals surface area (Å²) in [6.07, 6.45) is 0. The predicted molar refractivity (Wildman–Crippen MR) is 139 cm³/mol. The Hall–Kier alpha value is -4.45. The van der Waals surface area contributed by atoms with Crippen molar-refractivity contribution in [3.05, 3.63) is 88.0 Å². The molecule has 11 nitrogen and oxygen atoms in total. The number of ether oxygens (including phenoxy) is 2. The van der Waals surface area contributed by atoms with Crippen molar-refractivity contribution >= 4 is 33.0 Å². The fourth-order valence-electron chi connectivity index (χ4n) is 3.35. The second kappa shape index (κ2) is 11.5. The van der Waals surface area contributed by atoms with Gasteiger partial charge in [0, 0.05) is 23.8 Å². The standard InChI is InChI=1S/C25H26N4O7S/c1-17-8-11-22(12-9-17)37(33,34)28(23-15-21(35-3)10-13-24(23)36-4)16-25(30)27-26-18(2)19-6-5-7-20(14-19)29(31)32/h5-15H,16H2,1-4H3,(H,27,30)/b26-18-. The molecule has 0 radical (unpaired) electrons. The van der Waals surface area contributed by atoms with E-state index in [0.717, 1.165) is 9.87 Å². The molecule has 1 N–H and O–H groups in total. The zero-order chi connectivity index (χ0) is 27.2. The molecule has 0 aliphatic heterocycles. The van der Waals surface area contributed by atoms with Crippen molar-refractivity contribution in [3.63, 3.8) is 0 Å². The van der Waals surface area contributed by atoms with Gasteiger partial charge in [-0.15, -0.1) is 0 Å². The van der Waals surface area contributed by atoms with Crippen LogP contribution in [0.15, 0.2) is 76.7 Å². The van der Waals surface area contributed by atoms with Gasteiger partial charge < -0.3 is 9.47 Å². The predicted octanol–water partition coefficient (Wildman–Crippen LogP) is 3.66. The molecule has 3 aromatic carbocycles. The van der Waals surface area contributed by atoms with Gasteiger partial charge in [-0.25, -0.2) is 13.8 Å². The van der Waals surface area contributed by atoms with E-state index in [1.807, 2.05) is 6.92 Å². The number of hydrazone groups is 1. The minimum Gasteiger partial charge on any atom is -0.497 e. The van der Waals surface area contributed by atoms with Crippen LogP contribution in [0.1, 0.15) is 18.1 Å². The number of carbonyl (C=O) groups excluding carboxylic acids is 1. The van der Waals surface area contributed by atoms with Crippen LogP contribution in [0.25, 0.3) is 0 Å².